The number of carboxylic acids is 2. The molecule has 1 fully saturated rings. The summed E-state index contributed by atoms with van der Waals surface area (Å²) in [6.45, 7) is 1.92. The van der Waals surface area contributed by atoms with Gasteiger partial charge in [-0.1, -0.05) is 19.8 Å². The zero-order valence-electron chi connectivity index (χ0n) is 8.27. The number of hydrogen-bond acceptors (Lipinski definition) is 2. The van der Waals surface area contributed by atoms with Gasteiger partial charge in [-0.15, -0.1) is 0 Å². The first kappa shape index (κ1) is 15.2. The summed E-state index contributed by atoms with van der Waals surface area (Å²) in [6.07, 6.45) is 2.93. The first-order valence-corrected chi connectivity index (χ1v) is 5.03. The molecule has 84 valence electrons. The second-order valence-electron chi connectivity index (χ2n) is 3.91. The molecular weight excluding hydrogens is 224 g/mol. The average Bonchev–Trinajstić information content (AvgIpc) is 2.16. The van der Waals surface area contributed by atoms with Crippen LogP contribution in [0.25, 0.3) is 0 Å². The average molecular weight is 242 g/mol. The van der Waals surface area contributed by atoms with Crippen LogP contribution in [0.2, 0.25) is 0 Å². The number of carbonyl (C=O) groups is 2. The molecule has 0 aromatic rings. The summed E-state index contributed by atoms with van der Waals surface area (Å²) in [6, 6.07) is 0. The van der Waals surface area contributed by atoms with Gasteiger partial charge in [0.25, 0.3) is 0 Å². The van der Waals surface area contributed by atoms with Crippen molar-refractivity contribution < 1.29 is 19.8 Å². The molecule has 2 N–H and O–H groups in total. The van der Waals surface area contributed by atoms with Gasteiger partial charge in [0.2, 0.25) is 0 Å². The van der Waals surface area contributed by atoms with Crippen LogP contribution in [0.15, 0.2) is 0 Å². The molecule has 3 unspecified atom stereocenters. The molecule has 15 heavy (non-hydrogen) atoms. The van der Waals surface area contributed by atoms with Gasteiger partial charge in [0, 0.05) is 0 Å². The van der Waals surface area contributed by atoms with E-state index < -0.39 is 23.8 Å². The van der Waals surface area contributed by atoms with Gasteiger partial charge in [0.15, 0.2) is 0 Å². The second-order valence-corrected chi connectivity index (χ2v) is 3.91. The Morgan fingerprint density at radius 2 is 1.80 bits per heavy atom. The maximum atomic E-state index is 11.0. The SMILES string of the molecule is CCC1CCCC(C(=O)O)C1C(=O)O.[CaH2]. The summed E-state index contributed by atoms with van der Waals surface area (Å²) in [5, 5.41) is 17.9. The molecule has 1 aliphatic rings. The van der Waals surface area contributed by atoms with Gasteiger partial charge in [-0.2, -0.15) is 0 Å². The fourth-order valence-corrected chi connectivity index (χ4v) is 2.40. The molecule has 0 aromatic heterocycles. The van der Waals surface area contributed by atoms with Gasteiger partial charge in [-0.3, -0.25) is 9.59 Å². The summed E-state index contributed by atoms with van der Waals surface area (Å²) >= 11 is 0. The van der Waals surface area contributed by atoms with Crippen molar-refractivity contribution in [2.75, 3.05) is 0 Å². The standard InChI is InChI=1S/C10H16O4.Ca.2H/c1-2-6-4-3-5-7(9(11)12)8(6)10(13)14;;;/h6-8H,2-5H2,1H3,(H,11,12)(H,13,14);;;. The third-order valence-electron chi connectivity index (χ3n) is 3.16. The predicted molar refractivity (Wildman–Crippen MR) is 58.4 cm³/mol. The quantitative estimate of drug-likeness (QED) is 0.714. The first-order valence-electron chi connectivity index (χ1n) is 5.03. The number of aliphatic carboxylic acids is 2. The van der Waals surface area contributed by atoms with Gasteiger partial charge in [0.1, 0.15) is 0 Å². The maximum absolute atomic E-state index is 11.0. The zero-order valence-corrected chi connectivity index (χ0v) is 8.27. The summed E-state index contributed by atoms with van der Waals surface area (Å²) in [5.74, 6) is -3.26. The van der Waals surface area contributed by atoms with Gasteiger partial charge in [-0.25, -0.2) is 0 Å². The Labute approximate surface area is 119 Å². The summed E-state index contributed by atoms with van der Waals surface area (Å²) < 4.78 is 0. The fourth-order valence-electron chi connectivity index (χ4n) is 2.40. The van der Waals surface area contributed by atoms with E-state index in [1.807, 2.05) is 6.92 Å². The van der Waals surface area contributed by atoms with Crippen LogP contribution in [-0.4, -0.2) is 59.9 Å². The molecule has 0 bridgehead atoms. The van der Waals surface area contributed by atoms with Crippen LogP contribution < -0.4 is 0 Å². The Bertz CT molecular complexity index is 242. The molecule has 4 nitrogen and oxygen atoms in total. The van der Waals surface area contributed by atoms with E-state index in [1.165, 1.54) is 0 Å². The molecule has 0 aliphatic heterocycles. The van der Waals surface area contributed by atoms with E-state index >= 15 is 0 Å². The van der Waals surface area contributed by atoms with Crippen LogP contribution in [-0.2, 0) is 9.59 Å². The fraction of sp³-hybridized carbons (Fsp3) is 0.800. The molecule has 0 aromatic carbocycles. The Morgan fingerprint density at radius 1 is 1.20 bits per heavy atom. The van der Waals surface area contributed by atoms with Crippen molar-refractivity contribution in [3.8, 4) is 0 Å². The van der Waals surface area contributed by atoms with Crippen molar-refractivity contribution in [3.63, 3.8) is 0 Å². The Kier molecular flexibility index (Phi) is 6.80. The van der Waals surface area contributed by atoms with Crippen LogP contribution in [0.5, 0.6) is 0 Å². The number of hydrogen-bond donors (Lipinski definition) is 2. The summed E-state index contributed by atoms with van der Waals surface area (Å²) in [7, 11) is 0. The van der Waals surface area contributed by atoms with E-state index in [4.69, 9.17) is 10.2 Å². The van der Waals surface area contributed by atoms with Gasteiger partial charge in [-0.05, 0) is 18.8 Å². The first-order chi connectivity index (χ1) is 6.57. The van der Waals surface area contributed by atoms with Gasteiger partial charge < -0.3 is 10.2 Å². The van der Waals surface area contributed by atoms with E-state index in [0.717, 1.165) is 19.3 Å². The monoisotopic (exact) mass is 242 g/mol. The normalized spacial score (nSPS) is 30.3. The summed E-state index contributed by atoms with van der Waals surface area (Å²) in [4.78, 5) is 21.8. The minimum absolute atomic E-state index is 0. The molecule has 1 aliphatic carbocycles. The third-order valence-corrected chi connectivity index (χ3v) is 3.16. The summed E-state index contributed by atoms with van der Waals surface area (Å²) in [5.41, 5.74) is 0. The topological polar surface area (TPSA) is 74.6 Å². The van der Waals surface area contributed by atoms with Crippen LogP contribution >= 0.6 is 0 Å². The molecule has 0 amide bonds. The van der Waals surface area contributed by atoms with E-state index in [0.29, 0.717) is 6.42 Å². The minimum atomic E-state index is -0.962. The van der Waals surface area contributed by atoms with Crippen molar-refractivity contribution >= 4 is 49.7 Å². The third kappa shape index (κ3) is 3.61. The number of carboxylic acid groups (broad SMARTS) is 2. The van der Waals surface area contributed by atoms with E-state index in [2.05, 4.69) is 0 Å². The van der Waals surface area contributed by atoms with Crippen molar-refractivity contribution in [1.82, 2.24) is 0 Å². The molecule has 0 saturated heterocycles. The van der Waals surface area contributed by atoms with Crippen LogP contribution in [0.1, 0.15) is 32.6 Å². The van der Waals surface area contributed by atoms with Crippen molar-refractivity contribution in [2.45, 2.75) is 32.6 Å². The predicted octanol–water partition coefficient (Wildman–Crippen LogP) is 0.682. The molecule has 3 atom stereocenters. The molecular formula is C10H18CaO4. The molecule has 0 spiro atoms. The van der Waals surface area contributed by atoms with Gasteiger partial charge >= 0.3 is 49.7 Å². The van der Waals surface area contributed by atoms with E-state index in [-0.39, 0.29) is 43.7 Å². The zero-order chi connectivity index (χ0) is 10.7. The van der Waals surface area contributed by atoms with Crippen LogP contribution in [0.4, 0.5) is 0 Å². The Morgan fingerprint density at radius 3 is 2.20 bits per heavy atom. The molecule has 0 heterocycles. The molecule has 1 saturated carbocycles. The Hall–Kier alpha value is 0.200. The van der Waals surface area contributed by atoms with Crippen LogP contribution in [0, 0.1) is 17.8 Å². The second kappa shape index (κ2) is 6.71. The van der Waals surface area contributed by atoms with Crippen molar-refractivity contribution in [3.05, 3.63) is 0 Å². The van der Waals surface area contributed by atoms with Crippen LogP contribution in [0.3, 0.4) is 0 Å². The number of rotatable bonds is 3. The molecule has 5 heteroatoms. The van der Waals surface area contributed by atoms with Crippen molar-refractivity contribution in [1.29, 1.82) is 0 Å². The molecule has 1 rings (SSSR count). The van der Waals surface area contributed by atoms with Gasteiger partial charge in [0.05, 0.1) is 11.8 Å². The van der Waals surface area contributed by atoms with E-state index in [9.17, 15) is 9.59 Å². The molecule has 0 radical (unpaired) electrons. The van der Waals surface area contributed by atoms with Crippen molar-refractivity contribution in [2.24, 2.45) is 17.8 Å². The van der Waals surface area contributed by atoms with E-state index in [1.54, 1.807) is 0 Å². The Balaban J connectivity index is 0.00000196.